The molecule has 0 aromatic heterocycles. The molecule has 3 aliphatic heterocycles. The van der Waals surface area contributed by atoms with Crippen LogP contribution in [-0.4, -0.2) is 46.2 Å². The first-order valence-corrected chi connectivity index (χ1v) is 9.75. The number of likely N-dealkylation sites (tertiary alicyclic amines) is 1. The topological polar surface area (TPSA) is 55.8 Å². The Kier molecular flexibility index (Phi) is 4.93. The third kappa shape index (κ3) is 3.72. The van der Waals surface area contributed by atoms with Crippen molar-refractivity contribution in [2.45, 2.75) is 25.0 Å². The van der Waals surface area contributed by atoms with Crippen LogP contribution < -0.4 is 5.32 Å². The lowest BCUT2D eigenvalue weighted by atomic mass is 9.87. The Morgan fingerprint density at radius 1 is 1.26 bits per heavy atom. The van der Waals surface area contributed by atoms with Crippen molar-refractivity contribution in [1.82, 2.24) is 15.1 Å². The lowest BCUT2D eigenvalue weighted by Crippen LogP contribution is -2.51. The molecule has 27 heavy (non-hydrogen) atoms. The SMILES string of the molecule is O=C(NCc1ccc(Cl)cc1Cl)N1CCC(O)(C2=CC3=CC=CN2C3)CC1. The molecule has 0 radical (unpaired) electrons. The van der Waals surface area contributed by atoms with E-state index in [-0.39, 0.29) is 6.03 Å². The third-order valence-electron chi connectivity index (χ3n) is 5.36. The summed E-state index contributed by atoms with van der Waals surface area (Å²) >= 11 is 12.0. The number of aliphatic hydroxyl groups is 1. The zero-order valence-corrected chi connectivity index (χ0v) is 16.3. The van der Waals surface area contributed by atoms with Gasteiger partial charge in [0.25, 0.3) is 0 Å². The number of nitrogens with one attached hydrogen (secondary N) is 1. The van der Waals surface area contributed by atoms with E-state index in [1.54, 1.807) is 23.1 Å². The highest BCUT2D eigenvalue weighted by molar-refractivity contribution is 6.35. The molecule has 1 aromatic carbocycles. The van der Waals surface area contributed by atoms with Crippen LogP contribution >= 0.6 is 23.2 Å². The van der Waals surface area contributed by atoms with Gasteiger partial charge in [0, 0.05) is 42.4 Å². The van der Waals surface area contributed by atoms with E-state index in [0.717, 1.165) is 17.8 Å². The summed E-state index contributed by atoms with van der Waals surface area (Å²) in [5.74, 6) is 0. The number of hydrogen-bond donors (Lipinski definition) is 2. The molecular formula is C20H21Cl2N3O2. The molecule has 2 N–H and O–H groups in total. The normalized spacial score (nSPS) is 20.4. The van der Waals surface area contributed by atoms with Crippen molar-refractivity contribution in [3.63, 3.8) is 0 Å². The molecule has 1 fully saturated rings. The third-order valence-corrected chi connectivity index (χ3v) is 5.95. The van der Waals surface area contributed by atoms with E-state index in [1.165, 1.54) is 5.57 Å². The fourth-order valence-corrected chi connectivity index (χ4v) is 4.25. The molecule has 142 valence electrons. The molecule has 4 rings (SSSR count). The molecule has 0 atom stereocenters. The molecule has 0 spiro atoms. The summed E-state index contributed by atoms with van der Waals surface area (Å²) in [5.41, 5.74) is 2.08. The Morgan fingerprint density at radius 2 is 2.04 bits per heavy atom. The Balaban J connectivity index is 1.34. The van der Waals surface area contributed by atoms with E-state index in [4.69, 9.17) is 23.2 Å². The monoisotopic (exact) mass is 405 g/mol. The number of rotatable bonds is 3. The van der Waals surface area contributed by atoms with Gasteiger partial charge in [-0.2, -0.15) is 0 Å². The summed E-state index contributed by atoms with van der Waals surface area (Å²) in [6.07, 6.45) is 9.16. The Bertz CT molecular complexity index is 855. The molecule has 1 saturated heterocycles. The van der Waals surface area contributed by atoms with Gasteiger partial charge in [-0.1, -0.05) is 35.3 Å². The first-order valence-electron chi connectivity index (χ1n) is 9.00. The number of amides is 2. The van der Waals surface area contributed by atoms with Gasteiger partial charge in [-0.3, -0.25) is 0 Å². The number of fused-ring (bicyclic) bond motifs is 2. The summed E-state index contributed by atoms with van der Waals surface area (Å²) in [6.45, 7) is 2.17. The minimum Gasteiger partial charge on any atom is -0.383 e. The number of allylic oxidation sites excluding steroid dienone is 2. The van der Waals surface area contributed by atoms with Crippen molar-refractivity contribution in [3.8, 4) is 0 Å². The molecular weight excluding hydrogens is 385 g/mol. The molecule has 5 nitrogen and oxygen atoms in total. The van der Waals surface area contributed by atoms with Crippen LogP contribution in [0, 0.1) is 0 Å². The van der Waals surface area contributed by atoms with Crippen LogP contribution in [0.4, 0.5) is 4.79 Å². The van der Waals surface area contributed by atoms with Crippen molar-refractivity contribution in [1.29, 1.82) is 0 Å². The second-order valence-electron chi connectivity index (χ2n) is 7.15. The van der Waals surface area contributed by atoms with Crippen LogP contribution in [0.3, 0.4) is 0 Å². The van der Waals surface area contributed by atoms with Crippen molar-refractivity contribution in [2.75, 3.05) is 19.6 Å². The minimum atomic E-state index is -0.888. The zero-order valence-electron chi connectivity index (χ0n) is 14.8. The zero-order chi connectivity index (χ0) is 19.0. The van der Waals surface area contributed by atoms with E-state index in [2.05, 4.69) is 22.4 Å². The van der Waals surface area contributed by atoms with E-state index in [0.29, 0.717) is 42.5 Å². The maximum absolute atomic E-state index is 12.5. The van der Waals surface area contributed by atoms with Gasteiger partial charge in [-0.05, 0) is 48.3 Å². The smallest absolute Gasteiger partial charge is 0.317 e. The van der Waals surface area contributed by atoms with Gasteiger partial charge in [-0.15, -0.1) is 0 Å². The highest BCUT2D eigenvalue weighted by Gasteiger charge is 2.41. The average molecular weight is 406 g/mol. The minimum absolute atomic E-state index is 0.148. The number of carbonyl (C=O) groups excluding carboxylic acids is 1. The van der Waals surface area contributed by atoms with Crippen LogP contribution in [0.5, 0.6) is 0 Å². The largest absolute Gasteiger partial charge is 0.383 e. The van der Waals surface area contributed by atoms with Crippen LogP contribution in [-0.2, 0) is 6.54 Å². The Labute approximate surface area is 168 Å². The van der Waals surface area contributed by atoms with Crippen LogP contribution in [0.1, 0.15) is 18.4 Å². The fourth-order valence-electron chi connectivity index (χ4n) is 3.78. The molecule has 1 aromatic rings. The number of urea groups is 1. The van der Waals surface area contributed by atoms with Gasteiger partial charge in [-0.25, -0.2) is 4.79 Å². The van der Waals surface area contributed by atoms with Gasteiger partial charge in [0.05, 0.1) is 5.70 Å². The van der Waals surface area contributed by atoms with Crippen LogP contribution in [0.25, 0.3) is 0 Å². The molecule has 2 amide bonds. The first-order chi connectivity index (χ1) is 12.9. The lowest BCUT2D eigenvalue weighted by molar-refractivity contribution is 0.00464. The highest BCUT2D eigenvalue weighted by atomic mass is 35.5. The van der Waals surface area contributed by atoms with Crippen molar-refractivity contribution >= 4 is 29.2 Å². The van der Waals surface area contributed by atoms with Gasteiger partial charge < -0.3 is 20.2 Å². The Hall–Kier alpha value is -1.95. The van der Waals surface area contributed by atoms with Gasteiger partial charge in [0.1, 0.15) is 5.60 Å². The maximum atomic E-state index is 12.5. The molecule has 7 heteroatoms. The Morgan fingerprint density at radius 3 is 2.74 bits per heavy atom. The van der Waals surface area contributed by atoms with Crippen LogP contribution in [0.15, 0.2) is 53.9 Å². The molecule has 2 bridgehead atoms. The number of nitrogens with zero attached hydrogens (tertiary/aromatic N) is 2. The second-order valence-corrected chi connectivity index (χ2v) is 8.00. The predicted octanol–water partition coefficient (Wildman–Crippen LogP) is 3.68. The first kappa shape index (κ1) is 18.4. The summed E-state index contributed by atoms with van der Waals surface area (Å²) in [4.78, 5) is 16.3. The molecule has 0 unspecified atom stereocenters. The molecule has 0 aliphatic carbocycles. The highest BCUT2D eigenvalue weighted by Crippen LogP contribution is 2.37. The average Bonchev–Trinajstić information content (AvgIpc) is 2.95. The second kappa shape index (κ2) is 7.23. The quantitative estimate of drug-likeness (QED) is 0.805. The van der Waals surface area contributed by atoms with Gasteiger partial charge in [0.2, 0.25) is 0 Å². The predicted molar refractivity (Wildman–Crippen MR) is 106 cm³/mol. The van der Waals surface area contributed by atoms with Crippen molar-refractivity contribution in [3.05, 3.63) is 69.5 Å². The van der Waals surface area contributed by atoms with E-state index in [1.807, 2.05) is 12.3 Å². The maximum Gasteiger partial charge on any atom is 0.317 e. The summed E-state index contributed by atoms with van der Waals surface area (Å²) < 4.78 is 0. The fraction of sp³-hybridized carbons (Fsp3) is 0.350. The number of piperidine rings is 1. The van der Waals surface area contributed by atoms with Crippen molar-refractivity contribution in [2.24, 2.45) is 0 Å². The van der Waals surface area contributed by atoms with Gasteiger partial charge >= 0.3 is 6.03 Å². The summed E-state index contributed by atoms with van der Waals surface area (Å²) in [7, 11) is 0. The summed E-state index contributed by atoms with van der Waals surface area (Å²) in [5, 5.41) is 15.1. The summed E-state index contributed by atoms with van der Waals surface area (Å²) in [6, 6.07) is 5.07. The number of hydrogen-bond acceptors (Lipinski definition) is 3. The lowest BCUT2D eigenvalue weighted by Gasteiger charge is -2.41. The van der Waals surface area contributed by atoms with Crippen LogP contribution in [0.2, 0.25) is 10.0 Å². The standard InChI is InChI=1S/C20H21Cl2N3O2/c21-16-4-3-15(17(22)11-16)12-23-19(26)24-8-5-20(27,6-9-24)18-10-14-2-1-7-25(18)13-14/h1-4,7,10-11,27H,5-6,8-9,12-13H2,(H,23,26). The van der Waals surface area contributed by atoms with E-state index < -0.39 is 5.60 Å². The number of carbonyl (C=O) groups is 1. The van der Waals surface area contributed by atoms with Gasteiger partial charge in [0.15, 0.2) is 0 Å². The van der Waals surface area contributed by atoms with E-state index in [9.17, 15) is 9.90 Å². The molecule has 3 heterocycles. The van der Waals surface area contributed by atoms with E-state index >= 15 is 0 Å². The number of benzene rings is 1. The molecule has 3 aliphatic rings. The number of halogens is 2. The van der Waals surface area contributed by atoms with Crippen molar-refractivity contribution < 1.29 is 9.90 Å². The molecule has 0 saturated carbocycles.